The van der Waals surface area contributed by atoms with Gasteiger partial charge < -0.3 is 19.4 Å². The first-order valence-electron chi connectivity index (χ1n) is 7.04. The molecule has 6 nitrogen and oxygen atoms in total. The van der Waals surface area contributed by atoms with E-state index in [1.807, 2.05) is 25.3 Å². The summed E-state index contributed by atoms with van der Waals surface area (Å²) in [6, 6.07) is 3.92. The van der Waals surface area contributed by atoms with Crippen LogP contribution >= 0.6 is 0 Å². The quantitative estimate of drug-likeness (QED) is 0.707. The second-order valence-electron chi connectivity index (χ2n) is 4.67. The molecule has 0 spiro atoms. The predicted molar refractivity (Wildman–Crippen MR) is 80.3 cm³/mol. The Labute approximate surface area is 125 Å². The third-order valence-electron chi connectivity index (χ3n) is 3.11. The number of nitrogens with one attached hydrogen (secondary N) is 1. The minimum absolute atomic E-state index is 0.602. The number of ether oxygens (including phenoxy) is 2. The number of aryl methyl sites for hydroxylation is 1. The highest BCUT2D eigenvalue weighted by molar-refractivity contribution is 5.19. The molecule has 2 rings (SSSR count). The van der Waals surface area contributed by atoms with Crippen LogP contribution in [0.25, 0.3) is 0 Å². The zero-order chi connectivity index (χ0) is 14.9. The van der Waals surface area contributed by atoms with Crippen LogP contribution in [0.4, 0.5) is 0 Å². The largest absolute Gasteiger partial charge is 0.490 e. The van der Waals surface area contributed by atoms with Crippen LogP contribution < -0.4 is 10.1 Å². The summed E-state index contributed by atoms with van der Waals surface area (Å²) in [4.78, 5) is 8.54. The van der Waals surface area contributed by atoms with Crippen molar-refractivity contribution in [3.63, 3.8) is 0 Å². The molecule has 0 fully saturated rings. The summed E-state index contributed by atoms with van der Waals surface area (Å²) >= 11 is 0. The van der Waals surface area contributed by atoms with E-state index in [-0.39, 0.29) is 0 Å². The fraction of sp³-hybridized carbons (Fsp3) is 0.467. The van der Waals surface area contributed by atoms with Gasteiger partial charge in [0.1, 0.15) is 18.2 Å². The second-order valence-corrected chi connectivity index (χ2v) is 4.67. The van der Waals surface area contributed by atoms with Gasteiger partial charge in [-0.15, -0.1) is 0 Å². The standard InChI is InChI=1S/C15H22N4O2/c1-13-17-5-7-19(13)8-10-21-15-4-3-14(18-12-15)11-16-6-9-20-2/h3-5,7,12,16H,6,8-11H2,1-2H3. The minimum Gasteiger partial charge on any atom is -0.490 e. The number of imidazole rings is 1. The molecule has 0 bridgehead atoms. The highest BCUT2D eigenvalue weighted by atomic mass is 16.5. The summed E-state index contributed by atoms with van der Waals surface area (Å²) in [5.74, 6) is 1.78. The zero-order valence-corrected chi connectivity index (χ0v) is 12.6. The number of hydrogen-bond acceptors (Lipinski definition) is 5. The summed E-state index contributed by atoms with van der Waals surface area (Å²) in [7, 11) is 1.69. The molecule has 0 aliphatic heterocycles. The van der Waals surface area contributed by atoms with Crippen molar-refractivity contribution in [1.82, 2.24) is 19.9 Å². The number of nitrogens with zero attached hydrogens (tertiary/aromatic N) is 3. The topological polar surface area (TPSA) is 61.2 Å². The zero-order valence-electron chi connectivity index (χ0n) is 12.6. The maximum atomic E-state index is 5.68. The fourth-order valence-electron chi connectivity index (χ4n) is 1.89. The van der Waals surface area contributed by atoms with Gasteiger partial charge in [-0.05, 0) is 19.1 Å². The lowest BCUT2D eigenvalue weighted by atomic mass is 10.3. The van der Waals surface area contributed by atoms with Crippen molar-refractivity contribution < 1.29 is 9.47 Å². The highest BCUT2D eigenvalue weighted by Gasteiger charge is 1.99. The van der Waals surface area contributed by atoms with E-state index in [1.165, 1.54) is 0 Å². The summed E-state index contributed by atoms with van der Waals surface area (Å²) in [6.45, 7) is 5.62. The molecule has 2 aromatic heterocycles. The lowest BCUT2D eigenvalue weighted by Gasteiger charge is -2.08. The van der Waals surface area contributed by atoms with Crippen molar-refractivity contribution >= 4 is 0 Å². The minimum atomic E-state index is 0.602. The van der Waals surface area contributed by atoms with E-state index in [1.54, 1.807) is 19.5 Å². The van der Waals surface area contributed by atoms with Gasteiger partial charge in [0.25, 0.3) is 0 Å². The van der Waals surface area contributed by atoms with Crippen LogP contribution in [0.5, 0.6) is 5.75 Å². The second kappa shape index (κ2) is 8.39. The first-order valence-corrected chi connectivity index (χ1v) is 7.04. The molecule has 6 heteroatoms. The SMILES string of the molecule is COCCNCc1ccc(OCCn2ccnc2C)cn1. The maximum Gasteiger partial charge on any atom is 0.137 e. The number of rotatable bonds is 9. The predicted octanol–water partition coefficient (Wildman–Crippen LogP) is 1.40. The van der Waals surface area contributed by atoms with Crippen LogP contribution in [0.2, 0.25) is 0 Å². The first-order chi connectivity index (χ1) is 10.3. The fourth-order valence-corrected chi connectivity index (χ4v) is 1.89. The molecule has 21 heavy (non-hydrogen) atoms. The first kappa shape index (κ1) is 15.5. The molecule has 0 saturated carbocycles. The summed E-state index contributed by atoms with van der Waals surface area (Å²) in [5, 5.41) is 3.25. The van der Waals surface area contributed by atoms with Crippen LogP contribution in [0.15, 0.2) is 30.7 Å². The van der Waals surface area contributed by atoms with Gasteiger partial charge in [0, 0.05) is 32.6 Å². The molecular formula is C15H22N4O2. The monoisotopic (exact) mass is 290 g/mol. The van der Waals surface area contributed by atoms with Crippen LogP contribution in [-0.4, -0.2) is 41.4 Å². The van der Waals surface area contributed by atoms with Gasteiger partial charge >= 0.3 is 0 Å². The number of methoxy groups -OCH3 is 1. The molecule has 0 aliphatic carbocycles. The van der Waals surface area contributed by atoms with Crippen LogP contribution in [0.1, 0.15) is 11.5 Å². The average molecular weight is 290 g/mol. The van der Waals surface area contributed by atoms with Gasteiger partial charge in [0.05, 0.1) is 25.0 Å². The van der Waals surface area contributed by atoms with E-state index in [4.69, 9.17) is 9.47 Å². The van der Waals surface area contributed by atoms with E-state index in [9.17, 15) is 0 Å². The van der Waals surface area contributed by atoms with Gasteiger partial charge in [-0.25, -0.2) is 4.98 Å². The van der Waals surface area contributed by atoms with Crippen molar-refractivity contribution in [2.75, 3.05) is 26.9 Å². The Morgan fingerprint density at radius 3 is 2.81 bits per heavy atom. The van der Waals surface area contributed by atoms with Crippen LogP contribution in [0, 0.1) is 6.92 Å². The maximum absolute atomic E-state index is 5.68. The molecule has 0 saturated heterocycles. The molecule has 0 aliphatic rings. The van der Waals surface area contributed by atoms with E-state index in [0.717, 1.165) is 36.9 Å². The molecule has 0 unspecified atom stereocenters. The summed E-state index contributed by atoms with van der Waals surface area (Å²) in [6.07, 6.45) is 5.50. The smallest absolute Gasteiger partial charge is 0.137 e. The number of aromatic nitrogens is 3. The normalized spacial score (nSPS) is 10.8. The Hall–Kier alpha value is -1.92. The van der Waals surface area contributed by atoms with Gasteiger partial charge in [0.2, 0.25) is 0 Å². The van der Waals surface area contributed by atoms with E-state index < -0.39 is 0 Å². The molecule has 114 valence electrons. The highest BCUT2D eigenvalue weighted by Crippen LogP contribution is 2.09. The molecule has 2 aromatic rings. The lowest BCUT2D eigenvalue weighted by molar-refractivity contribution is 0.199. The summed E-state index contributed by atoms with van der Waals surface area (Å²) < 4.78 is 12.7. The van der Waals surface area contributed by atoms with Gasteiger partial charge in [-0.1, -0.05) is 0 Å². The lowest BCUT2D eigenvalue weighted by Crippen LogP contribution is -2.19. The van der Waals surface area contributed by atoms with Gasteiger partial charge in [-0.2, -0.15) is 0 Å². The van der Waals surface area contributed by atoms with E-state index in [0.29, 0.717) is 13.2 Å². The van der Waals surface area contributed by atoms with Gasteiger partial charge in [0.15, 0.2) is 0 Å². The summed E-state index contributed by atoms with van der Waals surface area (Å²) in [5.41, 5.74) is 0.990. The third-order valence-corrected chi connectivity index (χ3v) is 3.11. The Morgan fingerprint density at radius 1 is 1.24 bits per heavy atom. The van der Waals surface area contributed by atoms with Crippen LogP contribution in [0.3, 0.4) is 0 Å². The molecule has 1 N–H and O–H groups in total. The Morgan fingerprint density at radius 2 is 2.14 bits per heavy atom. The third kappa shape index (κ3) is 5.17. The van der Waals surface area contributed by atoms with Crippen molar-refractivity contribution in [2.24, 2.45) is 0 Å². The van der Waals surface area contributed by atoms with Crippen molar-refractivity contribution in [3.05, 3.63) is 42.2 Å². The average Bonchev–Trinajstić information content (AvgIpc) is 2.91. The molecule has 2 heterocycles. The van der Waals surface area contributed by atoms with Crippen molar-refractivity contribution in [3.8, 4) is 5.75 Å². The van der Waals surface area contributed by atoms with Crippen molar-refractivity contribution in [1.29, 1.82) is 0 Å². The number of hydrogen-bond donors (Lipinski definition) is 1. The Balaban J connectivity index is 1.71. The van der Waals surface area contributed by atoms with Gasteiger partial charge in [-0.3, -0.25) is 4.98 Å². The molecular weight excluding hydrogens is 268 g/mol. The van der Waals surface area contributed by atoms with E-state index in [2.05, 4.69) is 19.9 Å². The Kier molecular flexibility index (Phi) is 6.18. The van der Waals surface area contributed by atoms with E-state index >= 15 is 0 Å². The molecule has 0 radical (unpaired) electrons. The number of pyridine rings is 1. The molecule has 0 amide bonds. The molecule has 0 aromatic carbocycles. The Bertz CT molecular complexity index is 525. The molecule has 0 atom stereocenters. The van der Waals surface area contributed by atoms with Crippen LogP contribution in [-0.2, 0) is 17.8 Å². The van der Waals surface area contributed by atoms with Crippen molar-refractivity contribution in [2.45, 2.75) is 20.0 Å².